The van der Waals surface area contributed by atoms with Gasteiger partial charge in [0.15, 0.2) is 5.69 Å². The Balaban J connectivity index is 1.83. The van der Waals surface area contributed by atoms with E-state index in [9.17, 15) is 0 Å². The Hall–Kier alpha value is -2.61. The van der Waals surface area contributed by atoms with Crippen LogP contribution in [0.4, 0.5) is 11.5 Å². The van der Waals surface area contributed by atoms with E-state index in [1.807, 2.05) is 36.4 Å². The van der Waals surface area contributed by atoms with Gasteiger partial charge in [-0.05, 0) is 31.2 Å². The van der Waals surface area contributed by atoms with Crippen LogP contribution in [-0.4, -0.2) is 22.8 Å². The first kappa shape index (κ1) is 12.8. The summed E-state index contributed by atoms with van der Waals surface area (Å²) in [4.78, 5) is 0. The van der Waals surface area contributed by atoms with Gasteiger partial charge in [-0.25, -0.2) is 0 Å². The van der Waals surface area contributed by atoms with E-state index < -0.39 is 0 Å². The van der Waals surface area contributed by atoms with Crippen LogP contribution in [-0.2, 0) is 0 Å². The molecule has 0 fully saturated rings. The maximum atomic E-state index is 8.63. The average molecular weight is 253 g/mol. The molecule has 0 aliphatic rings. The molecule has 19 heavy (non-hydrogen) atoms. The first-order chi connectivity index (χ1) is 9.28. The van der Waals surface area contributed by atoms with Gasteiger partial charge in [0.1, 0.15) is 11.9 Å². The Morgan fingerprint density at radius 1 is 1.16 bits per heavy atom. The second kappa shape index (κ2) is 6.36. The fourth-order valence-electron chi connectivity index (χ4n) is 1.61. The maximum Gasteiger partial charge on any atom is 0.163 e. The molecule has 0 saturated carbocycles. The number of aromatic nitrogens is 2. The summed E-state index contributed by atoms with van der Waals surface area (Å²) >= 11 is 0. The highest BCUT2D eigenvalue weighted by Crippen LogP contribution is 2.07. The number of anilines is 2. The van der Waals surface area contributed by atoms with Crippen molar-refractivity contribution < 1.29 is 0 Å². The van der Waals surface area contributed by atoms with Gasteiger partial charge in [-0.15, -0.1) is 10.2 Å². The summed E-state index contributed by atoms with van der Waals surface area (Å²) in [5.41, 5.74) is 1.41. The zero-order valence-corrected chi connectivity index (χ0v) is 10.7. The van der Waals surface area contributed by atoms with Gasteiger partial charge in [-0.2, -0.15) is 5.26 Å². The third kappa shape index (κ3) is 3.96. The predicted octanol–water partition coefficient (Wildman–Crippen LogP) is 2.26. The monoisotopic (exact) mass is 253 g/mol. The largest absolute Gasteiger partial charge is 0.381 e. The number of nitrogens with zero attached hydrogens (tertiary/aromatic N) is 3. The van der Waals surface area contributed by atoms with Crippen LogP contribution in [0.15, 0.2) is 42.5 Å². The molecule has 0 bridgehead atoms. The van der Waals surface area contributed by atoms with Gasteiger partial charge < -0.3 is 10.6 Å². The highest BCUT2D eigenvalue weighted by atomic mass is 15.2. The van der Waals surface area contributed by atoms with Gasteiger partial charge in [0.05, 0.1) is 0 Å². The van der Waals surface area contributed by atoms with Crippen molar-refractivity contribution in [2.24, 2.45) is 0 Å². The molecule has 1 aromatic heterocycles. The van der Waals surface area contributed by atoms with E-state index in [4.69, 9.17) is 5.26 Å². The first-order valence-electron chi connectivity index (χ1n) is 6.07. The number of nitriles is 1. The lowest BCUT2D eigenvalue weighted by Gasteiger charge is -2.16. The Morgan fingerprint density at radius 2 is 1.95 bits per heavy atom. The van der Waals surface area contributed by atoms with Gasteiger partial charge in [-0.1, -0.05) is 18.2 Å². The smallest absolute Gasteiger partial charge is 0.163 e. The lowest BCUT2D eigenvalue weighted by atomic mass is 10.2. The van der Waals surface area contributed by atoms with Crippen molar-refractivity contribution in [1.29, 1.82) is 5.26 Å². The Labute approximate surface area is 112 Å². The molecule has 2 rings (SSSR count). The van der Waals surface area contributed by atoms with Gasteiger partial charge in [0.25, 0.3) is 0 Å². The second-order valence-electron chi connectivity index (χ2n) is 4.21. The van der Waals surface area contributed by atoms with E-state index in [1.54, 1.807) is 12.1 Å². The normalized spacial score (nSPS) is 11.4. The zero-order chi connectivity index (χ0) is 13.5. The number of hydrogen-bond acceptors (Lipinski definition) is 5. The van der Waals surface area contributed by atoms with Gasteiger partial charge in [0.2, 0.25) is 0 Å². The molecule has 0 amide bonds. The molecule has 0 radical (unpaired) electrons. The van der Waals surface area contributed by atoms with Crippen molar-refractivity contribution in [2.45, 2.75) is 13.0 Å². The Kier molecular flexibility index (Phi) is 4.29. The standard InChI is InChI=1S/C14H15N5/c1-11(17-12-5-3-2-4-6-12)10-16-14-8-7-13(9-15)18-19-14/h2-8,11,17H,10H2,1H3,(H,16,19). The summed E-state index contributed by atoms with van der Waals surface area (Å²) < 4.78 is 0. The minimum absolute atomic E-state index is 0.250. The summed E-state index contributed by atoms with van der Waals surface area (Å²) in [6.07, 6.45) is 0. The lowest BCUT2D eigenvalue weighted by molar-refractivity contribution is 0.826. The number of benzene rings is 1. The van der Waals surface area contributed by atoms with Gasteiger partial charge in [-0.3, -0.25) is 0 Å². The van der Waals surface area contributed by atoms with Gasteiger partial charge in [0, 0.05) is 18.3 Å². The molecule has 2 aromatic rings. The summed E-state index contributed by atoms with van der Waals surface area (Å²) in [5, 5.41) is 22.9. The molecule has 5 heteroatoms. The molecule has 1 heterocycles. The molecular formula is C14H15N5. The summed E-state index contributed by atoms with van der Waals surface area (Å²) in [5.74, 6) is 0.667. The van der Waals surface area contributed by atoms with Crippen LogP contribution in [0.1, 0.15) is 12.6 Å². The van der Waals surface area contributed by atoms with Crippen molar-refractivity contribution >= 4 is 11.5 Å². The summed E-state index contributed by atoms with van der Waals surface area (Å²) in [6.45, 7) is 2.80. The van der Waals surface area contributed by atoms with Crippen LogP contribution in [0.5, 0.6) is 0 Å². The number of hydrogen-bond donors (Lipinski definition) is 2. The molecule has 2 N–H and O–H groups in total. The summed E-state index contributed by atoms with van der Waals surface area (Å²) in [6, 6.07) is 15.6. The van der Waals surface area contributed by atoms with Crippen LogP contribution in [0, 0.1) is 11.3 Å². The maximum absolute atomic E-state index is 8.63. The van der Waals surface area contributed by atoms with E-state index in [-0.39, 0.29) is 6.04 Å². The van der Waals surface area contributed by atoms with Crippen LogP contribution < -0.4 is 10.6 Å². The highest BCUT2D eigenvalue weighted by molar-refractivity contribution is 5.44. The molecule has 1 unspecified atom stereocenters. The van der Waals surface area contributed by atoms with Crippen LogP contribution in [0.3, 0.4) is 0 Å². The third-order valence-corrected chi connectivity index (χ3v) is 2.56. The van der Waals surface area contributed by atoms with Crippen molar-refractivity contribution in [1.82, 2.24) is 10.2 Å². The fourth-order valence-corrected chi connectivity index (χ4v) is 1.61. The lowest BCUT2D eigenvalue weighted by Crippen LogP contribution is -2.25. The van der Waals surface area contributed by atoms with Crippen molar-refractivity contribution in [3.63, 3.8) is 0 Å². The third-order valence-electron chi connectivity index (χ3n) is 2.56. The molecule has 0 spiro atoms. The predicted molar refractivity (Wildman–Crippen MR) is 74.8 cm³/mol. The number of rotatable bonds is 5. The SMILES string of the molecule is CC(CNc1ccc(C#N)nn1)Nc1ccccc1. The molecule has 0 aliphatic carbocycles. The minimum Gasteiger partial charge on any atom is -0.381 e. The van der Waals surface area contributed by atoms with Crippen LogP contribution in [0.2, 0.25) is 0 Å². The van der Waals surface area contributed by atoms with E-state index in [1.165, 1.54) is 0 Å². The van der Waals surface area contributed by atoms with E-state index in [2.05, 4.69) is 27.8 Å². The molecular weight excluding hydrogens is 238 g/mol. The fraction of sp³-hybridized carbons (Fsp3) is 0.214. The van der Waals surface area contributed by atoms with Crippen LogP contribution >= 0.6 is 0 Å². The summed E-state index contributed by atoms with van der Waals surface area (Å²) in [7, 11) is 0. The molecule has 1 aromatic carbocycles. The molecule has 5 nitrogen and oxygen atoms in total. The number of para-hydroxylation sites is 1. The topological polar surface area (TPSA) is 73.6 Å². The minimum atomic E-state index is 0.250. The van der Waals surface area contributed by atoms with Crippen molar-refractivity contribution in [2.75, 3.05) is 17.2 Å². The van der Waals surface area contributed by atoms with E-state index in [0.717, 1.165) is 12.2 Å². The number of nitrogens with one attached hydrogen (secondary N) is 2. The van der Waals surface area contributed by atoms with E-state index >= 15 is 0 Å². The molecule has 96 valence electrons. The molecule has 1 atom stereocenters. The molecule has 0 aliphatic heterocycles. The van der Waals surface area contributed by atoms with Gasteiger partial charge >= 0.3 is 0 Å². The van der Waals surface area contributed by atoms with E-state index in [0.29, 0.717) is 11.5 Å². The Morgan fingerprint density at radius 3 is 2.58 bits per heavy atom. The van der Waals surface area contributed by atoms with Crippen molar-refractivity contribution in [3.8, 4) is 6.07 Å². The zero-order valence-electron chi connectivity index (χ0n) is 10.7. The van der Waals surface area contributed by atoms with Crippen LogP contribution in [0.25, 0.3) is 0 Å². The Bertz CT molecular complexity index is 544. The van der Waals surface area contributed by atoms with Crippen molar-refractivity contribution in [3.05, 3.63) is 48.2 Å². The first-order valence-corrected chi connectivity index (χ1v) is 6.07. The molecule has 0 saturated heterocycles. The quantitative estimate of drug-likeness (QED) is 0.855. The highest BCUT2D eigenvalue weighted by Gasteiger charge is 2.02. The second-order valence-corrected chi connectivity index (χ2v) is 4.21. The average Bonchev–Trinajstić information content (AvgIpc) is 2.47.